The van der Waals surface area contributed by atoms with Crippen LogP contribution in [0.3, 0.4) is 0 Å². The molecule has 4 aliphatic rings. The highest BCUT2D eigenvalue weighted by atomic mass is 16.3. The van der Waals surface area contributed by atoms with Gasteiger partial charge in [-0.25, -0.2) is 0 Å². The van der Waals surface area contributed by atoms with Crippen molar-refractivity contribution in [2.24, 2.45) is 28.6 Å². The molecule has 0 saturated heterocycles. The SMILES string of the molecule is C=C1CC[C@H]2C[C@]3([C@@H](CO)CC[C@H]13)C2(C)C. The summed E-state index contributed by atoms with van der Waals surface area (Å²) in [4.78, 5) is 0. The van der Waals surface area contributed by atoms with Crippen LogP contribution in [0.5, 0.6) is 0 Å². The third kappa shape index (κ3) is 0.971. The lowest BCUT2D eigenvalue weighted by atomic mass is 9.40. The van der Waals surface area contributed by atoms with Gasteiger partial charge in [0.25, 0.3) is 0 Å². The Labute approximate surface area is 98.9 Å². The molecule has 0 heterocycles. The second-order valence-electron chi connectivity index (χ2n) is 6.87. The lowest BCUT2D eigenvalue weighted by Gasteiger charge is -2.64. The Morgan fingerprint density at radius 1 is 1.31 bits per heavy atom. The van der Waals surface area contributed by atoms with Gasteiger partial charge in [-0.1, -0.05) is 26.0 Å². The zero-order chi connectivity index (χ0) is 11.6. The molecule has 4 atom stereocenters. The molecule has 4 fully saturated rings. The van der Waals surface area contributed by atoms with Crippen molar-refractivity contribution in [3.8, 4) is 0 Å². The second-order valence-corrected chi connectivity index (χ2v) is 6.87. The summed E-state index contributed by atoms with van der Waals surface area (Å²) in [6.45, 7) is 9.62. The monoisotopic (exact) mass is 220 g/mol. The molecule has 0 amide bonds. The van der Waals surface area contributed by atoms with Crippen LogP contribution >= 0.6 is 0 Å². The molecule has 90 valence electrons. The maximum absolute atomic E-state index is 9.68. The maximum Gasteiger partial charge on any atom is 0.0465 e. The standard InChI is InChI=1S/C15H24O/c1-10-4-5-11-8-15(14(11,2)3)12(9-16)6-7-13(10)15/h11-13,16H,1,4-9H2,2-3H3/t11-,12+,13+,15+/m0/s1. The van der Waals surface area contributed by atoms with Crippen molar-refractivity contribution >= 4 is 0 Å². The van der Waals surface area contributed by atoms with Gasteiger partial charge in [0.2, 0.25) is 0 Å². The predicted molar refractivity (Wildman–Crippen MR) is 66.0 cm³/mol. The third-order valence-electron chi connectivity index (χ3n) is 6.49. The van der Waals surface area contributed by atoms with Crippen molar-refractivity contribution in [3.63, 3.8) is 0 Å². The number of hydrogen-bond acceptors (Lipinski definition) is 1. The molecule has 0 aromatic carbocycles. The number of fused-ring (bicyclic) bond motifs is 2. The minimum Gasteiger partial charge on any atom is -0.396 e. The summed E-state index contributed by atoms with van der Waals surface area (Å²) < 4.78 is 0. The smallest absolute Gasteiger partial charge is 0.0465 e. The average Bonchev–Trinajstić information content (AvgIpc) is 2.55. The molecule has 1 N–H and O–H groups in total. The van der Waals surface area contributed by atoms with Crippen LogP contribution < -0.4 is 0 Å². The molecule has 4 aliphatic carbocycles. The van der Waals surface area contributed by atoms with Crippen LogP contribution in [0.4, 0.5) is 0 Å². The van der Waals surface area contributed by atoms with Crippen LogP contribution in [0, 0.1) is 28.6 Å². The Morgan fingerprint density at radius 2 is 2.06 bits per heavy atom. The molecule has 0 radical (unpaired) electrons. The summed E-state index contributed by atoms with van der Waals surface area (Å²) >= 11 is 0. The van der Waals surface area contributed by atoms with Crippen molar-refractivity contribution in [1.29, 1.82) is 0 Å². The number of allylic oxidation sites excluding steroid dienone is 1. The fourth-order valence-electron chi connectivity index (χ4n) is 5.45. The van der Waals surface area contributed by atoms with Crippen LogP contribution in [-0.4, -0.2) is 11.7 Å². The number of aliphatic hydroxyl groups excluding tert-OH is 1. The zero-order valence-corrected chi connectivity index (χ0v) is 10.6. The maximum atomic E-state index is 9.68. The largest absolute Gasteiger partial charge is 0.396 e. The zero-order valence-electron chi connectivity index (χ0n) is 10.6. The molecule has 1 spiro atoms. The van der Waals surface area contributed by atoms with E-state index in [9.17, 15) is 5.11 Å². The predicted octanol–water partition coefficient (Wildman–Crippen LogP) is 3.39. The Balaban J connectivity index is 2.06. The van der Waals surface area contributed by atoms with Gasteiger partial charge in [-0.2, -0.15) is 0 Å². The highest BCUT2D eigenvalue weighted by Crippen LogP contribution is 2.75. The molecule has 2 bridgehead atoms. The minimum atomic E-state index is 0.389. The molecule has 4 saturated carbocycles. The second kappa shape index (κ2) is 3.13. The lowest BCUT2D eigenvalue weighted by molar-refractivity contribution is -0.167. The van der Waals surface area contributed by atoms with Gasteiger partial charge in [-0.05, 0) is 60.7 Å². The fraction of sp³-hybridized carbons (Fsp3) is 0.867. The topological polar surface area (TPSA) is 20.2 Å². The van der Waals surface area contributed by atoms with Crippen LogP contribution in [0.25, 0.3) is 0 Å². The first-order chi connectivity index (χ1) is 7.54. The van der Waals surface area contributed by atoms with Gasteiger partial charge >= 0.3 is 0 Å². The van der Waals surface area contributed by atoms with Gasteiger partial charge in [0, 0.05) is 6.61 Å². The van der Waals surface area contributed by atoms with Crippen LogP contribution in [0.1, 0.15) is 46.0 Å². The quantitative estimate of drug-likeness (QED) is 0.672. The molecular weight excluding hydrogens is 196 g/mol. The van der Waals surface area contributed by atoms with Gasteiger partial charge < -0.3 is 5.11 Å². The summed E-state index contributed by atoms with van der Waals surface area (Å²) in [5.74, 6) is 2.12. The molecule has 0 unspecified atom stereocenters. The van der Waals surface area contributed by atoms with E-state index in [0.29, 0.717) is 29.3 Å². The van der Waals surface area contributed by atoms with Crippen LogP contribution in [0.15, 0.2) is 12.2 Å². The molecule has 16 heavy (non-hydrogen) atoms. The molecule has 4 rings (SSSR count). The summed E-state index contributed by atoms with van der Waals surface area (Å²) in [5.41, 5.74) is 2.32. The first-order valence-corrected chi connectivity index (χ1v) is 6.82. The Kier molecular flexibility index (Phi) is 2.12. The number of aliphatic hydroxyl groups is 1. The summed E-state index contributed by atoms with van der Waals surface area (Å²) in [6, 6.07) is 0. The Bertz CT molecular complexity index is 330. The van der Waals surface area contributed by atoms with Crippen LogP contribution in [0.2, 0.25) is 0 Å². The first-order valence-electron chi connectivity index (χ1n) is 6.82. The molecule has 0 aliphatic heterocycles. The average molecular weight is 220 g/mol. The fourth-order valence-corrected chi connectivity index (χ4v) is 5.45. The van der Waals surface area contributed by atoms with Crippen molar-refractivity contribution in [2.75, 3.05) is 6.61 Å². The van der Waals surface area contributed by atoms with Gasteiger partial charge in [0.05, 0.1) is 0 Å². The van der Waals surface area contributed by atoms with Gasteiger partial charge in [0.15, 0.2) is 0 Å². The molecule has 1 nitrogen and oxygen atoms in total. The highest BCUT2D eigenvalue weighted by Gasteiger charge is 2.68. The third-order valence-corrected chi connectivity index (χ3v) is 6.49. The van der Waals surface area contributed by atoms with E-state index in [1.807, 2.05) is 0 Å². The van der Waals surface area contributed by atoms with Crippen molar-refractivity contribution < 1.29 is 5.11 Å². The van der Waals surface area contributed by atoms with E-state index < -0.39 is 0 Å². The van der Waals surface area contributed by atoms with Gasteiger partial charge in [-0.15, -0.1) is 0 Å². The van der Waals surface area contributed by atoms with Crippen molar-refractivity contribution in [3.05, 3.63) is 12.2 Å². The summed E-state index contributed by atoms with van der Waals surface area (Å²) in [7, 11) is 0. The van der Waals surface area contributed by atoms with E-state index in [0.717, 1.165) is 5.92 Å². The Hall–Kier alpha value is -0.300. The molecular formula is C15H24O. The molecule has 1 heteroatoms. The van der Waals surface area contributed by atoms with Crippen molar-refractivity contribution in [1.82, 2.24) is 0 Å². The van der Waals surface area contributed by atoms with Gasteiger partial charge in [0.1, 0.15) is 0 Å². The number of rotatable bonds is 1. The van der Waals surface area contributed by atoms with Crippen molar-refractivity contribution in [2.45, 2.75) is 46.0 Å². The normalized spacial score (nSPS) is 49.4. The van der Waals surface area contributed by atoms with E-state index >= 15 is 0 Å². The molecule has 0 aromatic heterocycles. The van der Waals surface area contributed by atoms with E-state index in [4.69, 9.17) is 0 Å². The first kappa shape index (κ1) is 10.8. The number of hydrogen-bond donors (Lipinski definition) is 1. The molecule has 0 aromatic rings. The van der Waals surface area contributed by atoms with E-state index in [1.54, 1.807) is 0 Å². The lowest BCUT2D eigenvalue weighted by Crippen LogP contribution is -2.59. The van der Waals surface area contributed by atoms with E-state index in [1.165, 1.54) is 37.7 Å². The minimum absolute atomic E-state index is 0.389. The van der Waals surface area contributed by atoms with Crippen LogP contribution in [-0.2, 0) is 0 Å². The van der Waals surface area contributed by atoms with E-state index in [2.05, 4.69) is 20.4 Å². The highest BCUT2D eigenvalue weighted by molar-refractivity contribution is 5.25. The Morgan fingerprint density at radius 3 is 2.69 bits per heavy atom. The van der Waals surface area contributed by atoms with E-state index in [-0.39, 0.29) is 0 Å². The van der Waals surface area contributed by atoms with Gasteiger partial charge in [-0.3, -0.25) is 0 Å². The summed E-state index contributed by atoms with van der Waals surface area (Å²) in [6.07, 6.45) is 6.42. The summed E-state index contributed by atoms with van der Waals surface area (Å²) in [5, 5.41) is 9.68.